The van der Waals surface area contributed by atoms with Gasteiger partial charge in [-0.05, 0) is 35.7 Å². The molecule has 2 aromatic carbocycles. The second kappa shape index (κ2) is 8.57. The van der Waals surface area contributed by atoms with E-state index in [4.69, 9.17) is 4.18 Å². The maximum Gasteiger partial charge on any atom is 0.339 e. The summed E-state index contributed by atoms with van der Waals surface area (Å²) >= 11 is 1.34. The third kappa shape index (κ3) is 4.99. The highest BCUT2D eigenvalue weighted by Crippen LogP contribution is 2.25. The van der Waals surface area contributed by atoms with Crippen LogP contribution < -0.4 is 9.50 Å². The monoisotopic (exact) mass is 417 g/mol. The summed E-state index contributed by atoms with van der Waals surface area (Å²) in [5.74, 6) is 0.293. The quantitative estimate of drug-likeness (QED) is 0.443. The Morgan fingerprint density at radius 2 is 1.89 bits per heavy atom. The summed E-state index contributed by atoms with van der Waals surface area (Å²) in [5.41, 5.74) is 0.611. The minimum atomic E-state index is -3.91. The van der Waals surface area contributed by atoms with Gasteiger partial charge in [0.25, 0.3) is 0 Å². The first-order valence-corrected chi connectivity index (χ1v) is 10.8. The average Bonchev–Trinajstić information content (AvgIpc) is 3.03. The SMILES string of the molecule is CC(C)C1S/C(=N\N=C\c2cccc(OS(=O)(=O)c3ccccc3)c2)NC1=O. The van der Waals surface area contributed by atoms with E-state index in [1.54, 1.807) is 42.5 Å². The van der Waals surface area contributed by atoms with Gasteiger partial charge in [-0.1, -0.05) is 55.9 Å². The fraction of sp³-hybridized carbons (Fsp3) is 0.211. The van der Waals surface area contributed by atoms with Gasteiger partial charge in [0.15, 0.2) is 5.17 Å². The van der Waals surface area contributed by atoms with Crippen LogP contribution in [0.2, 0.25) is 0 Å². The lowest BCUT2D eigenvalue weighted by atomic mass is 10.1. The molecular formula is C19H19N3O4S2. The number of benzene rings is 2. The first-order valence-electron chi connectivity index (χ1n) is 8.53. The molecule has 2 aromatic rings. The van der Waals surface area contributed by atoms with Crippen LogP contribution in [0.25, 0.3) is 0 Å². The first kappa shape index (κ1) is 20.1. The highest BCUT2D eigenvalue weighted by molar-refractivity contribution is 8.15. The molecule has 0 radical (unpaired) electrons. The molecule has 1 fully saturated rings. The number of carbonyl (C=O) groups excluding carboxylic acids is 1. The molecule has 146 valence electrons. The van der Waals surface area contributed by atoms with Crippen molar-refractivity contribution >= 4 is 39.2 Å². The Bertz CT molecular complexity index is 1020. The third-order valence-corrected chi connectivity index (χ3v) is 6.46. The summed E-state index contributed by atoms with van der Waals surface area (Å²) in [5, 5.41) is 10.9. The molecule has 1 N–H and O–H groups in total. The summed E-state index contributed by atoms with van der Waals surface area (Å²) < 4.78 is 29.8. The molecule has 1 aliphatic heterocycles. The van der Waals surface area contributed by atoms with Crippen molar-refractivity contribution in [2.24, 2.45) is 16.1 Å². The molecule has 0 aliphatic carbocycles. The van der Waals surface area contributed by atoms with Crippen LogP contribution in [0.1, 0.15) is 19.4 Å². The Kier molecular flexibility index (Phi) is 6.15. The van der Waals surface area contributed by atoms with E-state index >= 15 is 0 Å². The minimum Gasteiger partial charge on any atom is -0.379 e. The van der Waals surface area contributed by atoms with E-state index in [1.165, 1.54) is 30.1 Å². The van der Waals surface area contributed by atoms with Crippen molar-refractivity contribution in [3.05, 3.63) is 60.2 Å². The molecular weight excluding hydrogens is 398 g/mol. The normalized spacial score (nSPS) is 18.8. The molecule has 1 aliphatic rings. The molecule has 3 rings (SSSR count). The lowest BCUT2D eigenvalue weighted by Crippen LogP contribution is -2.27. The predicted molar refractivity (Wildman–Crippen MR) is 110 cm³/mol. The lowest BCUT2D eigenvalue weighted by Gasteiger charge is -2.07. The van der Waals surface area contributed by atoms with Gasteiger partial charge in [-0.15, -0.1) is 5.10 Å². The minimum absolute atomic E-state index is 0.0736. The summed E-state index contributed by atoms with van der Waals surface area (Å²) in [6.07, 6.45) is 1.46. The highest BCUT2D eigenvalue weighted by atomic mass is 32.2. The van der Waals surface area contributed by atoms with E-state index in [9.17, 15) is 13.2 Å². The zero-order valence-corrected chi connectivity index (χ0v) is 16.9. The Balaban J connectivity index is 1.70. The van der Waals surface area contributed by atoms with Gasteiger partial charge in [0.2, 0.25) is 5.91 Å². The van der Waals surface area contributed by atoms with Crippen LogP contribution in [0.4, 0.5) is 0 Å². The Morgan fingerprint density at radius 1 is 1.14 bits per heavy atom. The maximum atomic E-state index is 12.3. The molecule has 0 bridgehead atoms. The third-order valence-electron chi connectivity index (χ3n) is 3.78. The van der Waals surface area contributed by atoms with Crippen LogP contribution >= 0.6 is 11.8 Å². The summed E-state index contributed by atoms with van der Waals surface area (Å²) in [6.45, 7) is 3.94. The zero-order valence-electron chi connectivity index (χ0n) is 15.3. The number of nitrogens with zero attached hydrogens (tertiary/aromatic N) is 2. The Labute approximate surface area is 168 Å². The van der Waals surface area contributed by atoms with Gasteiger partial charge in [-0.25, -0.2) is 0 Å². The van der Waals surface area contributed by atoms with Crippen LogP contribution in [0, 0.1) is 5.92 Å². The van der Waals surface area contributed by atoms with Gasteiger partial charge in [-0.3, -0.25) is 4.79 Å². The predicted octanol–water partition coefficient (Wildman–Crippen LogP) is 3.03. The van der Waals surface area contributed by atoms with Gasteiger partial charge < -0.3 is 9.50 Å². The van der Waals surface area contributed by atoms with Gasteiger partial charge >= 0.3 is 10.1 Å². The largest absolute Gasteiger partial charge is 0.379 e. The van der Waals surface area contributed by atoms with Crippen molar-refractivity contribution in [1.29, 1.82) is 0 Å². The number of rotatable bonds is 6. The van der Waals surface area contributed by atoms with E-state index in [0.29, 0.717) is 10.7 Å². The molecule has 1 unspecified atom stereocenters. The number of amides is 1. The molecule has 7 nitrogen and oxygen atoms in total. The van der Waals surface area contributed by atoms with E-state index in [1.807, 2.05) is 13.8 Å². The molecule has 1 atom stereocenters. The first-order chi connectivity index (χ1) is 13.3. The molecule has 0 saturated carbocycles. The number of carbonyl (C=O) groups is 1. The van der Waals surface area contributed by atoms with E-state index in [-0.39, 0.29) is 27.7 Å². The topological polar surface area (TPSA) is 97.2 Å². The molecule has 0 aromatic heterocycles. The number of amidine groups is 1. The fourth-order valence-electron chi connectivity index (χ4n) is 2.42. The molecule has 1 amide bonds. The van der Waals surface area contributed by atoms with Crippen molar-refractivity contribution in [3.8, 4) is 5.75 Å². The smallest absolute Gasteiger partial charge is 0.339 e. The van der Waals surface area contributed by atoms with Crippen molar-refractivity contribution < 1.29 is 17.4 Å². The molecule has 1 saturated heterocycles. The van der Waals surface area contributed by atoms with E-state index in [2.05, 4.69) is 15.5 Å². The van der Waals surface area contributed by atoms with Gasteiger partial charge in [0, 0.05) is 0 Å². The molecule has 1 heterocycles. The lowest BCUT2D eigenvalue weighted by molar-refractivity contribution is -0.119. The number of hydrogen-bond donors (Lipinski definition) is 1. The van der Waals surface area contributed by atoms with Crippen LogP contribution in [0.15, 0.2) is 69.7 Å². The molecule has 28 heavy (non-hydrogen) atoms. The van der Waals surface area contributed by atoms with Gasteiger partial charge in [0.1, 0.15) is 10.6 Å². The van der Waals surface area contributed by atoms with E-state index in [0.717, 1.165) is 0 Å². The Morgan fingerprint density at radius 3 is 2.57 bits per heavy atom. The standard InChI is InChI=1S/C19H19N3O4S2/c1-13(2)17-18(23)21-19(27-17)22-20-12-14-7-6-8-15(11-14)26-28(24,25)16-9-4-3-5-10-16/h3-13,17H,1-2H3,(H,21,22,23)/b20-12+. The van der Waals surface area contributed by atoms with Crippen molar-refractivity contribution in [1.82, 2.24) is 5.32 Å². The summed E-state index contributed by atoms with van der Waals surface area (Å²) in [7, 11) is -3.91. The van der Waals surface area contributed by atoms with Gasteiger partial charge in [-0.2, -0.15) is 13.5 Å². The second-order valence-corrected chi connectivity index (χ2v) is 9.02. The summed E-state index contributed by atoms with van der Waals surface area (Å²) in [4.78, 5) is 11.9. The van der Waals surface area contributed by atoms with Crippen LogP contribution in [0.3, 0.4) is 0 Å². The number of thioether (sulfide) groups is 1. The number of hydrogen-bond acceptors (Lipinski definition) is 7. The average molecular weight is 418 g/mol. The Hall–Kier alpha value is -2.65. The van der Waals surface area contributed by atoms with Gasteiger partial charge in [0.05, 0.1) is 11.5 Å². The van der Waals surface area contributed by atoms with Crippen LogP contribution in [-0.2, 0) is 14.9 Å². The zero-order chi connectivity index (χ0) is 20.1. The summed E-state index contributed by atoms with van der Waals surface area (Å²) in [6, 6.07) is 14.4. The second-order valence-electron chi connectivity index (χ2n) is 6.34. The highest BCUT2D eigenvalue weighted by Gasteiger charge is 2.32. The van der Waals surface area contributed by atoms with Crippen LogP contribution in [-0.4, -0.2) is 31.0 Å². The van der Waals surface area contributed by atoms with E-state index < -0.39 is 10.1 Å². The fourth-order valence-corrected chi connectivity index (χ4v) is 4.30. The van der Waals surface area contributed by atoms with Crippen molar-refractivity contribution in [2.45, 2.75) is 24.0 Å². The van der Waals surface area contributed by atoms with Crippen molar-refractivity contribution in [2.75, 3.05) is 0 Å². The van der Waals surface area contributed by atoms with Crippen LogP contribution in [0.5, 0.6) is 5.75 Å². The maximum absolute atomic E-state index is 12.3. The van der Waals surface area contributed by atoms with Crippen molar-refractivity contribution in [3.63, 3.8) is 0 Å². The molecule has 0 spiro atoms. The number of nitrogens with one attached hydrogen (secondary N) is 1. The molecule has 9 heteroatoms.